The van der Waals surface area contributed by atoms with Crippen molar-refractivity contribution in [3.05, 3.63) is 18.4 Å². The predicted octanol–water partition coefficient (Wildman–Crippen LogP) is -1.13. The molecule has 17 heavy (non-hydrogen) atoms. The summed E-state index contributed by atoms with van der Waals surface area (Å²) < 4.78 is 28.9. The van der Waals surface area contributed by atoms with Gasteiger partial charge in [-0.05, 0) is 0 Å². The van der Waals surface area contributed by atoms with Crippen molar-refractivity contribution in [1.82, 2.24) is 15.0 Å². The molecule has 0 aliphatic heterocycles. The van der Waals surface area contributed by atoms with Gasteiger partial charge in [0.15, 0.2) is 6.39 Å². The quantitative estimate of drug-likeness (QED) is 0.692. The number of nitrogens with one attached hydrogen (secondary N) is 2. The topological polar surface area (TPSA) is 118 Å². The number of sulfonamides is 1. The number of amides is 2. The number of carbonyl (C=O) groups excluding carboxylic acids is 2. The molecule has 0 saturated carbocycles. The third-order valence-corrected chi connectivity index (χ3v) is 2.95. The number of nitrogens with zero attached hydrogens (tertiary/aromatic N) is 1. The summed E-state index contributed by atoms with van der Waals surface area (Å²) in [5.41, 5.74) is 0. The average Bonchev–Trinajstić information content (AvgIpc) is 2.67. The van der Waals surface area contributed by atoms with Crippen molar-refractivity contribution in [2.45, 2.75) is 6.92 Å². The zero-order chi connectivity index (χ0) is 12.9. The molecule has 2 amide bonds. The van der Waals surface area contributed by atoms with Gasteiger partial charge in [0.1, 0.15) is 0 Å². The molecule has 0 spiro atoms. The lowest BCUT2D eigenvalue weighted by Gasteiger charge is -2.05. The summed E-state index contributed by atoms with van der Waals surface area (Å²) in [7, 11) is -3.71. The minimum Gasteiger partial charge on any atom is -0.438 e. The first kappa shape index (κ1) is 13.2. The molecule has 8 nitrogen and oxygen atoms in total. The van der Waals surface area contributed by atoms with Crippen LogP contribution >= 0.6 is 0 Å². The van der Waals surface area contributed by atoms with Crippen molar-refractivity contribution in [2.75, 3.05) is 12.3 Å². The second-order valence-corrected chi connectivity index (χ2v) is 4.94. The Hall–Kier alpha value is -1.90. The summed E-state index contributed by atoms with van der Waals surface area (Å²) in [6.07, 6.45) is 2.29. The SMILES string of the molecule is CC(=O)NS(=O)(=O)CCNC(=O)c1cnco1. The Morgan fingerprint density at radius 1 is 1.47 bits per heavy atom. The Bertz CT molecular complexity index is 493. The molecule has 2 N–H and O–H groups in total. The number of aromatic nitrogens is 1. The fraction of sp³-hybridized carbons (Fsp3) is 0.375. The summed E-state index contributed by atoms with van der Waals surface area (Å²) in [5, 5.41) is 2.31. The van der Waals surface area contributed by atoms with Crippen LogP contribution in [0.25, 0.3) is 0 Å². The van der Waals surface area contributed by atoms with Gasteiger partial charge in [-0.2, -0.15) is 0 Å². The summed E-state index contributed by atoms with van der Waals surface area (Å²) in [6.45, 7) is 0.951. The average molecular weight is 261 g/mol. The fourth-order valence-corrected chi connectivity index (χ4v) is 1.89. The van der Waals surface area contributed by atoms with Crippen molar-refractivity contribution in [3.63, 3.8) is 0 Å². The van der Waals surface area contributed by atoms with Gasteiger partial charge in [-0.25, -0.2) is 13.4 Å². The van der Waals surface area contributed by atoms with Crippen molar-refractivity contribution < 1.29 is 22.4 Å². The standard InChI is InChI=1S/C8H11N3O5S/c1-6(12)11-17(14,15)3-2-10-8(13)7-4-9-5-16-7/h4-5H,2-3H2,1H3,(H,10,13)(H,11,12). The van der Waals surface area contributed by atoms with Gasteiger partial charge in [-0.3, -0.25) is 14.3 Å². The lowest BCUT2D eigenvalue weighted by atomic mass is 10.5. The van der Waals surface area contributed by atoms with Gasteiger partial charge in [-0.15, -0.1) is 0 Å². The predicted molar refractivity (Wildman–Crippen MR) is 56.4 cm³/mol. The second-order valence-electron chi connectivity index (χ2n) is 3.10. The maximum Gasteiger partial charge on any atom is 0.288 e. The summed E-state index contributed by atoms with van der Waals surface area (Å²) in [5.74, 6) is -1.65. The van der Waals surface area contributed by atoms with E-state index in [1.54, 1.807) is 4.72 Å². The molecule has 0 bridgehead atoms. The molecular weight excluding hydrogens is 250 g/mol. The van der Waals surface area contributed by atoms with Gasteiger partial charge in [0.2, 0.25) is 21.7 Å². The maximum atomic E-state index is 11.3. The Labute approximate surface area is 97.5 Å². The van der Waals surface area contributed by atoms with E-state index in [1.165, 1.54) is 6.20 Å². The highest BCUT2D eigenvalue weighted by Gasteiger charge is 2.13. The highest BCUT2D eigenvalue weighted by Crippen LogP contribution is 1.95. The van der Waals surface area contributed by atoms with E-state index < -0.39 is 27.6 Å². The van der Waals surface area contributed by atoms with Crippen molar-refractivity contribution in [2.24, 2.45) is 0 Å². The molecule has 1 heterocycles. The summed E-state index contributed by atoms with van der Waals surface area (Å²) in [6, 6.07) is 0. The van der Waals surface area contributed by atoms with Crippen LogP contribution in [0.3, 0.4) is 0 Å². The van der Waals surface area contributed by atoms with E-state index in [2.05, 4.69) is 10.3 Å². The Kier molecular flexibility index (Phi) is 4.21. The second kappa shape index (κ2) is 5.43. The molecule has 0 radical (unpaired) electrons. The number of carbonyl (C=O) groups is 2. The van der Waals surface area contributed by atoms with Crippen LogP contribution in [-0.2, 0) is 14.8 Å². The monoisotopic (exact) mass is 261 g/mol. The third-order valence-electron chi connectivity index (χ3n) is 1.61. The van der Waals surface area contributed by atoms with Crippen molar-refractivity contribution >= 4 is 21.8 Å². The molecule has 0 fully saturated rings. The normalized spacial score (nSPS) is 10.9. The van der Waals surface area contributed by atoms with Crippen LogP contribution in [0.15, 0.2) is 17.0 Å². The van der Waals surface area contributed by atoms with Crippen LogP contribution in [0.5, 0.6) is 0 Å². The van der Waals surface area contributed by atoms with Crippen LogP contribution in [-0.4, -0.2) is 37.5 Å². The van der Waals surface area contributed by atoms with Crippen molar-refractivity contribution in [1.29, 1.82) is 0 Å². The molecule has 0 atom stereocenters. The minimum absolute atomic E-state index is 0.0121. The lowest BCUT2D eigenvalue weighted by Crippen LogP contribution is -2.36. The van der Waals surface area contributed by atoms with E-state index in [0.717, 1.165) is 13.3 Å². The van der Waals surface area contributed by atoms with E-state index in [0.29, 0.717) is 0 Å². The van der Waals surface area contributed by atoms with Gasteiger partial charge in [0, 0.05) is 13.5 Å². The van der Waals surface area contributed by atoms with E-state index in [4.69, 9.17) is 4.42 Å². The van der Waals surface area contributed by atoms with Gasteiger partial charge >= 0.3 is 0 Å². The van der Waals surface area contributed by atoms with Crippen LogP contribution in [0, 0.1) is 0 Å². The van der Waals surface area contributed by atoms with Gasteiger partial charge < -0.3 is 9.73 Å². The van der Waals surface area contributed by atoms with Gasteiger partial charge in [0.25, 0.3) is 5.91 Å². The highest BCUT2D eigenvalue weighted by atomic mass is 32.2. The first-order valence-electron chi connectivity index (χ1n) is 4.58. The zero-order valence-corrected chi connectivity index (χ0v) is 9.78. The molecule has 0 aliphatic rings. The van der Waals surface area contributed by atoms with Gasteiger partial charge in [-0.1, -0.05) is 0 Å². The largest absolute Gasteiger partial charge is 0.438 e. The fourth-order valence-electron chi connectivity index (χ4n) is 0.984. The maximum absolute atomic E-state index is 11.3. The van der Waals surface area contributed by atoms with E-state index >= 15 is 0 Å². The molecule has 0 unspecified atom stereocenters. The third kappa shape index (κ3) is 4.64. The van der Waals surface area contributed by atoms with E-state index in [9.17, 15) is 18.0 Å². The first-order chi connectivity index (χ1) is 7.91. The van der Waals surface area contributed by atoms with Gasteiger partial charge in [0.05, 0.1) is 11.9 Å². The van der Waals surface area contributed by atoms with Crippen molar-refractivity contribution in [3.8, 4) is 0 Å². The molecular formula is C8H11N3O5S. The van der Waals surface area contributed by atoms with Crippen LogP contribution in [0.4, 0.5) is 0 Å². The molecule has 9 heteroatoms. The summed E-state index contributed by atoms with van der Waals surface area (Å²) in [4.78, 5) is 25.4. The van der Waals surface area contributed by atoms with E-state index in [1.807, 2.05) is 0 Å². The Morgan fingerprint density at radius 2 is 2.18 bits per heavy atom. The molecule has 1 aromatic rings. The molecule has 0 aromatic carbocycles. The van der Waals surface area contributed by atoms with E-state index in [-0.39, 0.29) is 12.3 Å². The van der Waals surface area contributed by atoms with Crippen LogP contribution < -0.4 is 10.0 Å². The number of rotatable bonds is 5. The smallest absolute Gasteiger partial charge is 0.288 e. The lowest BCUT2D eigenvalue weighted by molar-refractivity contribution is -0.117. The molecule has 0 saturated heterocycles. The van der Waals surface area contributed by atoms with Crippen LogP contribution in [0.2, 0.25) is 0 Å². The number of hydrogen-bond donors (Lipinski definition) is 2. The minimum atomic E-state index is -3.71. The molecule has 1 aromatic heterocycles. The Morgan fingerprint density at radius 3 is 2.71 bits per heavy atom. The zero-order valence-electron chi connectivity index (χ0n) is 8.97. The highest BCUT2D eigenvalue weighted by molar-refractivity contribution is 7.90. The summed E-state index contributed by atoms with van der Waals surface area (Å²) >= 11 is 0. The number of hydrogen-bond acceptors (Lipinski definition) is 6. The molecule has 0 aliphatic carbocycles. The Balaban J connectivity index is 2.38. The first-order valence-corrected chi connectivity index (χ1v) is 6.24. The molecule has 94 valence electrons. The molecule has 1 rings (SSSR count). The number of oxazole rings is 1. The van der Waals surface area contributed by atoms with Crippen LogP contribution in [0.1, 0.15) is 17.5 Å².